The lowest BCUT2D eigenvalue weighted by Crippen LogP contribution is -2.26. The number of aryl methyl sites for hydroxylation is 1. The first-order chi connectivity index (χ1) is 9.39. The van der Waals surface area contributed by atoms with Gasteiger partial charge in [0, 0.05) is 6.42 Å². The Labute approximate surface area is 124 Å². The lowest BCUT2D eigenvalue weighted by molar-refractivity contribution is -0.148. The Hall–Kier alpha value is -1.11. The van der Waals surface area contributed by atoms with E-state index in [4.69, 9.17) is 20.5 Å². The van der Waals surface area contributed by atoms with Gasteiger partial charge in [0.2, 0.25) is 0 Å². The second-order valence-corrected chi connectivity index (χ2v) is 6.10. The summed E-state index contributed by atoms with van der Waals surface area (Å²) in [5.74, 6) is -0.484. The molecule has 0 spiro atoms. The van der Waals surface area contributed by atoms with Crippen LogP contribution in [0.5, 0.6) is 0 Å². The number of benzene rings is 1. The first kappa shape index (κ1) is 16.9. The zero-order chi connectivity index (χ0) is 15.2. The number of carbonyl (C=O) groups excluding carboxylic acids is 1. The van der Waals surface area contributed by atoms with Gasteiger partial charge in [-0.1, -0.05) is 24.6 Å². The molecule has 0 aliphatic heterocycles. The highest BCUT2D eigenvalue weighted by Gasteiger charge is 2.20. The smallest absolute Gasteiger partial charge is 0.305 e. The highest BCUT2D eigenvalue weighted by Crippen LogP contribution is 2.14. The van der Waals surface area contributed by atoms with Gasteiger partial charge in [-0.25, -0.2) is 0 Å². The van der Waals surface area contributed by atoms with Crippen molar-refractivity contribution in [3.8, 4) is 0 Å². The van der Waals surface area contributed by atoms with E-state index in [2.05, 4.69) is 0 Å². The fraction of sp³-hybridized carbons (Fsp3) is 0.462. The molecule has 0 aliphatic rings. The van der Waals surface area contributed by atoms with Gasteiger partial charge in [0.1, 0.15) is 12.7 Å². The third-order valence-electron chi connectivity index (χ3n) is 2.48. The molecule has 20 heavy (non-hydrogen) atoms. The fourth-order valence-corrected chi connectivity index (χ4v) is 2.41. The van der Waals surface area contributed by atoms with Crippen LogP contribution in [0.25, 0.3) is 0 Å². The zero-order valence-corrected chi connectivity index (χ0v) is 12.9. The predicted molar refractivity (Wildman–Crippen MR) is 75.2 cm³/mol. The van der Waals surface area contributed by atoms with E-state index in [-0.39, 0.29) is 23.8 Å². The topological polar surface area (TPSA) is 69.7 Å². The summed E-state index contributed by atoms with van der Waals surface area (Å²) in [6, 6.07) is 6.26. The molecule has 0 bridgehead atoms. The maximum atomic E-state index is 11.9. The van der Waals surface area contributed by atoms with Crippen LogP contribution in [-0.2, 0) is 23.8 Å². The minimum absolute atomic E-state index is 0.0326. The second kappa shape index (κ2) is 7.61. The van der Waals surface area contributed by atoms with Gasteiger partial charge < -0.3 is 4.74 Å². The van der Waals surface area contributed by atoms with E-state index in [0.29, 0.717) is 0 Å². The van der Waals surface area contributed by atoms with E-state index >= 15 is 0 Å². The number of alkyl halides is 1. The SMILES string of the molecule is CCC(=O)OC(CCl)COS(=O)(=O)c1ccc(C)cc1. The van der Waals surface area contributed by atoms with Crippen molar-refractivity contribution in [2.45, 2.75) is 31.3 Å². The molecule has 0 saturated heterocycles. The van der Waals surface area contributed by atoms with Crippen molar-refractivity contribution < 1.29 is 22.1 Å². The molecule has 7 heteroatoms. The Morgan fingerprint density at radius 2 is 1.90 bits per heavy atom. The van der Waals surface area contributed by atoms with Gasteiger partial charge >= 0.3 is 5.97 Å². The van der Waals surface area contributed by atoms with Crippen LogP contribution >= 0.6 is 11.6 Å². The molecule has 0 fully saturated rings. The first-order valence-corrected chi connectivity index (χ1v) is 8.05. The van der Waals surface area contributed by atoms with E-state index in [1.54, 1.807) is 19.1 Å². The van der Waals surface area contributed by atoms with Crippen LogP contribution in [0.2, 0.25) is 0 Å². The van der Waals surface area contributed by atoms with Crippen LogP contribution in [0.1, 0.15) is 18.9 Å². The summed E-state index contributed by atoms with van der Waals surface area (Å²) in [5.41, 5.74) is 0.944. The van der Waals surface area contributed by atoms with E-state index in [0.717, 1.165) is 5.56 Å². The number of halogens is 1. The monoisotopic (exact) mass is 320 g/mol. The molecule has 0 N–H and O–H groups in total. The van der Waals surface area contributed by atoms with E-state index in [1.165, 1.54) is 12.1 Å². The van der Waals surface area contributed by atoms with Gasteiger partial charge in [-0.05, 0) is 19.1 Å². The first-order valence-electron chi connectivity index (χ1n) is 6.10. The van der Waals surface area contributed by atoms with Crippen LogP contribution in [0.4, 0.5) is 0 Å². The molecule has 5 nitrogen and oxygen atoms in total. The Bertz CT molecular complexity index is 538. The Morgan fingerprint density at radius 1 is 1.30 bits per heavy atom. The van der Waals surface area contributed by atoms with E-state index in [1.807, 2.05) is 6.92 Å². The van der Waals surface area contributed by atoms with Crippen molar-refractivity contribution in [2.75, 3.05) is 12.5 Å². The average Bonchev–Trinajstić information content (AvgIpc) is 2.43. The van der Waals surface area contributed by atoms with Gasteiger partial charge in [-0.2, -0.15) is 8.42 Å². The zero-order valence-electron chi connectivity index (χ0n) is 11.3. The van der Waals surface area contributed by atoms with Gasteiger partial charge in [-0.3, -0.25) is 8.98 Å². The molecular formula is C13H17ClO5S. The fourth-order valence-electron chi connectivity index (χ4n) is 1.32. The normalized spacial score (nSPS) is 12.9. The van der Waals surface area contributed by atoms with Crippen molar-refractivity contribution in [1.82, 2.24) is 0 Å². The number of carbonyl (C=O) groups is 1. The molecule has 112 valence electrons. The molecule has 1 rings (SSSR count). The Balaban J connectivity index is 2.66. The third-order valence-corrected chi connectivity index (χ3v) is 4.12. The van der Waals surface area contributed by atoms with Crippen LogP contribution in [0, 0.1) is 6.92 Å². The van der Waals surface area contributed by atoms with Gasteiger partial charge in [0.25, 0.3) is 10.1 Å². The molecule has 1 unspecified atom stereocenters. The minimum Gasteiger partial charge on any atom is -0.459 e. The highest BCUT2D eigenvalue weighted by molar-refractivity contribution is 7.86. The molecule has 0 saturated carbocycles. The summed E-state index contributed by atoms with van der Waals surface area (Å²) < 4.78 is 33.6. The molecule has 0 amide bonds. The molecule has 1 aromatic carbocycles. The average molecular weight is 321 g/mol. The number of rotatable bonds is 7. The van der Waals surface area contributed by atoms with E-state index in [9.17, 15) is 13.2 Å². The van der Waals surface area contributed by atoms with Crippen LogP contribution < -0.4 is 0 Å². The number of ether oxygens (including phenoxy) is 1. The van der Waals surface area contributed by atoms with Crippen LogP contribution in [0.3, 0.4) is 0 Å². The molecular weight excluding hydrogens is 304 g/mol. The van der Waals surface area contributed by atoms with Crippen LogP contribution in [0.15, 0.2) is 29.2 Å². The number of hydrogen-bond acceptors (Lipinski definition) is 5. The van der Waals surface area contributed by atoms with Gasteiger partial charge in [0.05, 0.1) is 10.8 Å². The van der Waals surface area contributed by atoms with Crippen molar-refractivity contribution in [1.29, 1.82) is 0 Å². The maximum absolute atomic E-state index is 11.9. The van der Waals surface area contributed by atoms with Crippen molar-refractivity contribution in [3.05, 3.63) is 29.8 Å². The number of esters is 1. The summed E-state index contributed by atoms with van der Waals surface area (Å²) in [5, 5.41) is 0. The lowest BCUT2D eigenvalue weighted by atomic mass is 10.2. The van der Waals surface area contributed by atoms with Crippen molar-refractivity contribution in [2.24, 2.45) is 0 Å². The summed E-state index contributed by atoms with van der Waals surface area (Å²) in [4.78, 5) is 11.2. The maximum Gasteiger partial charge on any atom is 0.305 e. The van der Waals surface area contributed by atoms with Crippen LogP contribution in [-0.4, -0.2) is 33.0 Å². The minimum atomic E-state index is -3.87. The lowest BCUT2D eigenvalue weighted by Gasteiger charge is -2.15. The molecule has 1 aromatic rings. The summed E-state index contributed by atoms with van der Waals surface area (Å²) >= 11 is 5.61. The molecule has 0 heterocycles. The van der Waals surface area contributed by atoms with E-state index < -0.39 is 22.2 Å². The largest absolute Gasteiger partial charge is 0.459 e. The number of hydrogen-bond donors (Lipinski definition) is 0. The van der Waals surface area contributed by atoms with Gasteiger partial charge in [-0.15, -0.1) is 11.6 Å². The quantitative estimate of drug-likeness (QED) is 0.438. The molecule has 0 radical (unpaired) electrons. The summed E-state index contributed by atoms with van der Waals surface area (Å²) in [6.07, 6.45) is -0.595. The van der Waals surface area contributed by atoms with Crippen molar-refractivity contribution >= 4 is 27.7 Å². The highest BCUT2D eigenvalue weighted by atomic mass is 35.5. The van der Waals surface area contributed by atoms with Crippen molar-refractivity contribution in [3.63, 3.8) is 0 Å². The summed E-state index contributed by atoms with van der Waals surface area (Å²) in [6.45, 7) is 3.19. The molecule has 0 aromatic heterocycles. The summed E-state index contributed by atoms with van der Waals surface area (Å²) in [7, 11) is -3.87. The molecule has 1 atom stereocenters. The second-order valence-electron chi connectivity index (χ2n) is 4.17. The predicted octanol–water partition coefficient (Wildman–Crippen LogP) is 2.26. The Kier molecular flexibility index (Phi) is 6.45. The third kappa shape index (κ3) is 5.11. The molecule has 0 aliphatic carbocycles. The Morgan fingerprint density at radius 3 is 2.40 bits per heavy atom. The standard InChI is InChI=1S/C13H17ClO5S/c1-3-13(15)19-11(8-14)9-18-20(16,17)12-6-4-10(2)5-7-12/h4-7,11H,3,8-9H2,1-2H3. The van der Waals surface area contributed by atoms with Gasteiger partial charge in [0.15, 0.2) is 0 Å².